The van der Waals surface area contributed by atoms with Crippen LogP contribution in [-0.2, 0) is 11.3 Å². The van der Waals surface area contributed by atoms with Crippen molar-refractivity contribution >= 4 is 17.4 Å². The zero-order valence-corrected chi connectivity index (χ0v) is 10.6. The summed E-state index contributed by atoms with van der Waals surface area (Å²) in [6.07, 6.45) is 0. The molecule has 0 saturated heterocycles. The summed E-state index contributed by atoms with van der Waals surface area (Å²) in [5.74, 6) is -5.01. The van der Waals surface area contributed by atoms with Crippen LogP contribution in [0.25, 0.3) is 0 Å². The molecule has 1 aliphatic rings. The van der Waals surface area contributed by atoms with Crippen LogP contribution in [0.3, 0.4) is 0 Å². The Morgan fingerprint density at radius 3 is 2.33 bits per heavy atom. The molecule has 0 atom stereocenters. The van der Waals surface area contributed by atoms with E-state index in [1.54, 1.807) is 12.1 Å². The third-order valence-electron chi connectivity index (χ3n) is 3.30. The number of amides is 1. The predicted molar refractivity (Wildman–Crippen MR) is 68.3 cm³/mol. The van der Waals surface area contributed by atoms with E-state index in [0.717, 1.165) is 4.90 Å². The van der Waals surface area contributed by atoms with Crippen molar-refractivity contribution in [2.24, 2.45) is 0 Å². The van der Waals surface area contributed by atoms with Crippen LogP contribution in [-0.4, -0.2) is 11.7 Å². The van der Waals surface area contributed by atoms with E-state index < -0.39 is 29.1 Å². The third-order valence-corrected chi connectivity index (χ3v) is 3.30. The number of fused-ring (bicyclic) bond motifs is 1. The van der Waals surface area contributed by atoms with Gasteiger partial charge in [0.2, 0.25) is 0 Å². The molecular formula is C15H8F3NO2. The van der Waals surface area contributed by atoms with Gasteiger partial charge in [-0.1, -0.05) is 12.1 Å². The van der Waals surface area contributed by atoms with Gasteiger partial charge in [0.05, 0.1) is 17.8 Å². The fourth-order valence-corrected chi connectivity index (χ4v) is 2.26. The van der Waals surface area contributed by atoms with E-state index in [1.165, 1.54) is 12.1 Å². The number of rotatable bonds is 2. The molecule has 3 rings (SSSR count). The summed E-state index contributed by atoms with van der Waals surface area (Å²) in [7, 11) is 0. The second-order valence-electron chi connectivity index (χ2n) is 4.60. The first-order valence-electron chi connectivity index (χ1n) is 6.07. The van der Waals surface area contributed by atoms with Crippen LogP contribution in [0.15, 0.2) is 36.4 Å². The Hall–Kier alpha value is -2.63. The van der Waals surface area contributed by atoms with Gasteiger partial charge in [-0.15, -0.1) is 0 Å². The smallest absolute Gasteiger partial charge is 0.299 e. The number of carbonyl (C=O) groups excluding carboxylic acids is 2. The molecule has 0 bridgehead atoms. The highest BCUT2D eigenvalue weighted by molar-refractivity contribution is 6.52. The van der Waals surface area contributed by atoms with Gasteiger partial charge in [-0.05, 0) is 18.2 Å². The topological polar surface area (TPSA) is 37.4 Å². The third kappa shape index (κ3) is 2.08. The van der Waals surface area contributed by atoms with Gasteiger partial charge >= 0.3 is 0 Å². The molecule has 106 valence electrons. The van der Waals surface area contributed by atoms with Gasteiger partial charge in [0.1, 0.15) is 5.82 Å². The van der Waals surface area contributed by atoms with Crippen LogP contribution in [0.2, 0.25) is 0 Å². The number of anilines is 1. The standard InChI is InChI=1S/C15H8F3NO2/c16-10-6-12(18)11(17)5-8(10)7-19-13-4-2-1-3-9(13)14(20)15(19)21/h1-6H,7H2. The Labute approximate surface area is 117 Å². The second kappa shape index (κ2) is 4.73. The average molecular weight is 291 g/mol. The number of halogens is 3. The molecule has 0 spiro atoms. The van der Waals surface area contributed by atoms with Crippen LogP contribution >= 0.6 is 0 Å². The average Bonchev–Trinajstić information content (AvgIpc) is 2.70. The Morgan fingerprint density at radius 2 is 1.57 bits per heavy atom. The molecule has 0 N–H and O–H groups in total. The number of hydrogen-bond acceptors (Lipinski definition) is 2. The molecule has 6 heteroatoms. The molecule has 3 nitrogen and oxygen atoms in total. The molecule has 1 amide bonds. The van der Waals surface area contributed by atoms with Crippen LogP contribution in [0.4, 0.5) is 18.9 Å². The molecule has 2 aromatic rings. The quantitative estimate of drug-likeness (QED) is 0.630. The molecule has 0 radical (unpaired) electrons. The number of carbonyl (C=O) groups is 2. The number of benzene rings is 2. The van der Waals surface area contributed by atoms with Crippen molar-refractivity contribution in [3.8, 4) is 0 Å². The van der Waals surface area contributed by atoms with Crippen molar-refractivity contribution in [2.45, 2.75) is 6.54 Å². The minimum absolute atomic E-state index is 0.202. The monoisotopic (exact) mass is 291 g/mol. The lowest BCUT2D eigenvalue weighted by atomic mass is 10.1. The Morgan fingerprint density at radius 1 is 0.905 bits per heavy atom. The van der Waals surface area contributed by atoms with Gasteiger partial charge in [0.25, 0.3) is 11.7 Å². The number of hydrogen-bond donors (Lipinski definition) is 0. The summed E-state index contributed by atoms with van der Waals surface area (Å²) in [5.41, 5.74) is 0.342. The largest absolute Gasteiger partial charge is 0.300 e. The maximum absolute atomic E-state index is 13.7. The van der Waals surface area contributed by atoms with E-state index in [0.29, 0.717) is 17.8 Å². The summed E-state index contributed by atoms with van der Waals surface area (Å²) >= 11 is 0. The molecule has 1 aliphatic heterocycles. The molecule has 2 aromatic carbocycles. The fourth-order valence-electron chi connectivity index (χ4n) is 2.26. The van der Waals surface area contributed by atoms with E-state index in [-0.39, 0.29) is 17.7 Å². The number of Topliss-reactive ketones (excluding diaryl/α,β-unsaturated/α-hetero) is 1. The maximum Gasteiger partial charge on any atom is 0.299 e. The Kier molecular flexibility index (Phi) is 3.01. The van der Waals surface area contributed by atoms with Crippen molar-refractivity contribution in [3.63, 3.8) is 0 Å². The van der Waals surface area contributed by atoms with Crippen molar-refractivity contribution in [2.75, 3.05) is 4.90 Å². The maximum atomic E-state index is 13.7. The highest BCUT2D eigenvalue weighted by atomic mass is 19.2. The first-order chi connectivity index (χ1) is 9.99. The first-order valence-corrected chi connectivity index (χ1v) is 6.07. The van der Waals surface area contributed by atoms with Crippen LogP contribution in [0.5, 0.6) is 0 Å². The van der Waals surface area contributed by atoms with Crippen molar-refractivity contribution in [1.82, 2.24) is 0 Å². The molecule has 0 unspecified atom stereocenters. The summed E-state index contributed by atoms with van der Waals surface area (Å²) in [4.78, 5) is 24.7. The minimum Gasteiger partial charge on any atom is -0.300 e. The summed E-state index contributed by atoms with van der Waals surface area (Å²) in [6.45, 7) is -0.343. The zero-order valence-electron chi connectivity index (χ0n) is 10.6. The second-order valence-corrected chi connectivity index (χ2v) is 4.60. The van der Waals surface area contributed by atoms with Gasteiger partial charge < -0.3 is 4.90 Å². The van der Waals surface area contributed by atoms with E-state index in [9.17, 15) is 22.8 Å². The van der Waals surface area contributed by atoms with Crippen molar-refractivity contribution in [1.29, 1.82) is 0 Å². The SMILES string of the molecule is O=C1C(=O)N(Cc2cc(F)c(F)cc2F)c2ccccc21. The lowest BCUT2D eigenvalue weighted by Crippen LogP contribution is -2.29. The van der Waals surface area contributed by atoms with E-state index in [2.05, 4.69) is 0 Å². The van der Waals surface area contributed by atoms with Crippen LogP contribution < -0.4 is 4.90 Å². The summed E-state index contributed by atoms with van der Waals surface area (Å²) < 4.78 is 39.7. The fraction of sp³-hybridized carbons (Fsp3) is 0.0667. The van der Waals surface area contributed by atoms with Gasteiger partial charge in [0, 0.05) is 11.6 Å². The first kappa shape index (κ1) is 13.4. The summed E-state index contributed by atoms with van der Waals surface area (Å²) in [6, 6.07) is 7.35. The van der Waals surface area contributed by atoms with E-state index in [4.69, 9.17) is 0 Å². The highest BCUT2D eigenvalue weighted by Crippen LogP contribution is 2.30. The molecule has 0 fully saturated rings. The van der Waals surface area contributed by atoms with Gasteiger partial charge in [-0.2, -0.15) is 0 Å². The molecule has 21 heavy (non-hydrogen) atoms. The Bertz CT molecular complexity index is 774. The van der Waals surface area contributed by atoms with Gasteiger partial charge in [-0.25, -0.2) is 13.2 Å². The Balaban J connectivity index is 2.01. The van der Waals surface area contributed by atoms with Crippen molar-refractivity contribution < 1.29 is 22.8 Å². The summed E-state index contributed by atoms with van der Waals surface area (Å²) in [5, 5.41) is 0. The van der Waals surface area contributed by atoms with E-state index >= 15 is 0 Å². The normalized spacial score (nSPS) is 13.8. The van der Waals surface area contributed by atoms with E-state index in [1.807, 2.05) is 0 Å². The van der Waals surface area contributed by atoms with Gasteiger partial charge in [0.15, 0.2) is 11.6 Å². The minimum atomic E-state index is -1.31. The number of ketones is 1. The van der Waals surface area contributed by atoms with Crippen molar-refractivity contribution in [3.05, 3.63) is 65.0 Å². The lowest BCUT2D eigenvalue weighted by Gasteiger charge is -2.17. The van der Waals surface area contributed by atoms with Crippen LogP contribution in [0, 0.1) is 17.5 Å². The molecule has 1 heterocycles. The number of para-hydroxylation sites is 1. The lowest BCUT2D eigenvalue weighted by molar-refractivity contribution is -0.114. The van der Waals surface area contributed by atoms with Gasteiger partial charge in [-0.3, -0.25) is 9.59 Å². The molecular weight excluding hydrogens is 283 g/mol. The molecule has 0 aliphatic carbocycles. The molecule has 0 aromatic heterocycles. The highest BCUT2D eigenvalue weighted by Gasteiger charge is 2.35. The molecule has 0 saturated carbocycles. The van der Waals surface area contributed by atoms with Crippen LogP contribution in [0.1, 0.15) is 15.9 Å². The predicted octanol–water partition coefficient (Wildman–Crippen LogP) is 2.83. The zero-order chi connectivity index (χ0) is 15.1. The number of nitrogens with zero attached hydrogens (tertiary/aromatic N) is 1.